The number of benzene rings is 5. The van der Waals surface area contributed by atoms with Crippen molar-refractivity contribution in [2.45, 2.75) is 0 Å². The van der Waals surface area contributed by atoms with E-state index >= 15 is 0 Å². The number of hydrogen-bond donors (Lipinski definition) is 1. The number of aromatic hydroxyl groups is 1. The molecule has 0 aliphatic heterocycles. The van der Waals surface area contributed by atoms with Crippen molar-refractivity contribution in [3.8, 4) is 39.1 Å². The Balaban J connectivity index is 1.77. The molecular formula is C30H18Br2OS. The molecule has 0 aliphatic carbocycles. The van der Waals surface area contributed by atoms with Gasteiger partial charge in [-0.1, -0.05) is 105 Å². The highest BCUT2D eigenvalue weighted by molar-refractivity contribution is 9.11. The summed E-state index contributed by atoms with van der Waals surface area (Å²) in [5.41, 5.74) is 6.41. The fourth-order valence-corrected chi connectivity index (χ4v) is 7.05. The summed E-state index contributed by atoms with van der Waals surface area (Å²) in [5.74, 6) is 0.258. The van der Waals surface area contributed by atoms with E-state index in [4.69, 9.17) is 0 Å². The van der Waals surface area contributed by atoms with Crippen molar-refractivity contribution < 1.29 is 5.11 Å². The Hall–Kier alpha value is -2.92. The molecule has 0 radical (unpaired) electrons. The number of halogens is 2. The fraction of sp³-hybridized carbons (Fsp3) is 0. The molecule has 4 heteroatoms. The van der Waals surface area contributed by atoms with E-state index in [9.17, 15) is 5.11 Å². The van der Waals surface area contributed by atoms with Gasteiger partial charge in [0.2, 0.25) is 0 Å². The molecule has 1 nitrogen and oxygen atoms in total. The van der Waals surface area contributed by atoms with E-state index in [0.717, 1.165) is 47.0 Å². The minimum absolute atomic E-state index is 0.258. The van der Waals surface area contributed by atoms with Crippen molar-refractivity contribution in [1.82, 2.24) is 0 Å². The summed E-state index contributed by atoms with van der Waals surface area (Å²) < 4.78 is 4.29. The van der Waals surface area contributed by atoms with Gasteiger partial charge in [0.1, 0.15) is 5.75 Å². The van der Waals surface area contributed by atoms with E-state index < -0.39 is 0 Å². The maximum atomic E-state index is 11.1. The minimum atomic E-state index is 0.258. The van der Waals surface area contributed by atoms with Crippen LogP contribution in [0.2, 0.25) is 0 Å². The zero-order valence-electron chi connectivity index (χ0n) is 17.9. The van der Waals surface area contributed by atoms with Gasteiger partial charge in [-0.15, -0.1) is 11.3 Å². The zero-order chi connectivity index (χ0) is 23.2. The van der Waals surface area contributed by atoms with Crippen LogP contribution in [-0.2, 0) is 0 Å². The average molecular weight is 586 g/mol. The molecule has 1 heterocycles. The quantitative estimate of drug-likeness (QED) is 0.219. The molecule has 0 amide bonds. The van der Waals surface area contributed by atoms with Crippen LogP contribution in [0.1, 0.15) is 0 Å². The first-order valence-electron chi connectivity index (χ1n) is 10.9. The summed E-state index contributed by atoms with van der Waals surface area (Å²) in [6, 6.07) is 35.4. The highest BCUT2D eigenvalue weighted by Gasteiger charge is 2.22. The topological polar surface area (TPSA) is 20.2 Å². The Morgan fingerprint density at radius 2 is 1.32 bits per heavy atom. The van der Waals surface area contributed by atoms with E-state index in [2.05, 4.69) is 111 Å². The van der Waals surface area contributed by atoms with Crippen LogP contribution in [0.15, 0.2) is 112 Å². The first kappa shape index (κ1) is 21.6. The lowest BCUT2D eigenvalue weighted by Gasteiger charge is -2.18. The first-order valence-corrected chi connectivity index (χ1v) is 13.3. The first-order chi connectivity index (χ1) is 16.6. The second-order valence-electron chi connectivity index (χ2n) is 8.16. The normalized spacial score (nSPS) is 11.4. The molecule has 34 heavy (non-hydrogen) atoms. The highest BCUT2D eigenvalue weighted by atomic mass is 79.9. The van der Waals surface area contributed by atoms with Gasteiger partial charge in [0.15, 0.2) is 0 Å². The fourth-order valence-electron chi connectivity index (χ4n) is 4.64. The van der Waals surface area contributed by atoms with Crippen molar-refractivity contribution in [2.24, 2.45) is 0 Å². The Kier molecular flexibility index (Phi) is 5.53. The molecule has 0 spiro atoms. The van der Waals surface area contributed by atoms with Gasteiger partial charge in [0, 0.05) is 40.2 Å². The molecule has 0 bridgehead atoms. The van der Waals surface area contributed by atoms with Crippen molar-refractivity contribution in [2.75, 3.05) is 0 Å². The van der Waals surface area contributed by atoms with Gasteiger partial charge in [-0.25, -0.2) is 0 Å². The largest absolute Gasteiger partial charge is 0.507 e. The number of hydrogen-bond acceptors (Lipinski definition) is 2. The third-order valence-corrected chi connectivity index (χ3v) is 8.44. The molecular weight excluding hydrogens is 568 g/mol. The van der Waals surface area contributed by atoms with Crippen LogP contribution in [0.5, 0.6) is 5.75 Å². The predicted octanol–water partition coefficient (Wildman–Crippen LogP) is 10.3. The summed E-state index contributed by atoms with van der Waals surface area (Å²) in [6.07, 6.45) is 0. The maximum Gasteiger partial charge on any atom is 0.124 e. The zero-order valence-corrected chi connectivity index (χ0v) is 21.9. The van der Waals surface area contributed by atoms with Gasteiger partial charge in [-0.05, 0) is 52.6 Å². The minimum Gasteiger partial charge on any atom is -0.507 e. The number of thiophene rings is 1. The van der Waals surface area contributed by atoms with Gasteiger partial charge < -0.3 is 5.11 Å². The van der Waals surface area contributed by atoms with Gasteiger partial charge in [0.05, 0.1) is 0 Å². The molecule has 1 N–H and O–H groups in total. The van der Waals surface area contributed by atoms with E-state index in [0.29, 0.717) is 0 Å². The molecule has 1 aromatic heterocycles. The summed E-state index contributed by atoms with van der Waals surface area (Å²) in [5, 5.41) is 13.5. The molecule has 0 unspecified atom stereocenters. The molecule has 0 saturated heterocycles. The van der Waals surface area contributed by atoms with Crippen molar-refractivity contribution >= 4 is 63.4 Å². The average Bonchev–Trinajstić information content (AvgIpc) is 3.25. The monoisotopic (exact) mass is 584 g/mol. The third-order valence-electron chi connectivity index (χ3n) is 6.13. The van der Waals surface area contributed by atoms with E-state index in [1.54, 1.807) is 17.4 Å². The summed E-state index contributed by atoms with van der Waals surface area (Å²) in [4.78, 5) is 0. The molecule has 0 saturated carbocycles. The van der Waals surface area contributed by atoms with E-state index in [1.165, 1.54) is 15.5 Å². The maximum absolute atomic E-state index is 11.1. The van der Waals surface area contributed by atoms with E-state index in [1.807, 2.05) is 18.2 Å². The molecule has 164 valence electrons. The van der Waals surface area contributed by atoms with Crippen LogP contribution < -0.4 is 0 Å². The lowest BCUT2D eigenvalue weighted by Crippen LogP contribution is -1.91. The number of phenols is 1. The Morgan fingerprint density at radius 1 is 0.618 bits per heavy atom. The second-order valence-corrected chi connectivity index (χ2v) is 11.0. The van der Waals surface area contributed by atoms with Crippen LogP contribution in [0, 0.1) is 0 Å². The van der Waals surface area contributed by atoms with Crippen LogP contribution in [0.3, 0.4) is 0 Å². The SMILES string of the molecule is Oc1cc(Br)ccc1-c1c(-c2ccccc2-c2ccccc2)cc(Br)c2c1sc1ccccc12. The molecule has 6 aromatic rings. The van der Waals surface area contributed by atoms with Gasteiger partial charge in [0.25, 0.3) is 0 Å². The van der Waals surface area contributed by atoms with Crippen LogP contribution in [-0.4, -0.2) is 5.11 Å². The molecule has 5 aromatic carbocycles. The van der Waals surface area contributed by atoms with E-state index in [-0.39, 0.29) is 5.75 Å². The number of rotatable bonds is 3. The second kappa shape index (κ2) is 8.70. The predicted molar refractivity (Wildman–Crippen MR) is 153 cm³/mol. The summed E-state index contributed by atoms with van der Waals surface area (Å²) in [6.45, 7) is 0. The lowest BCUT2D eigenvalue weighted by molar-refractivity contribution is 0.477. The molecule has 6 rings (SSSR count). The molecule has 0 aliphatic rings. The summed E-state index contributed by atoms with van der Waals surface area (Å²) in [7, 11) is 0. The Bertz CT molecular complexity index is 1690. The molecule has 0 atom stereocenters. The summed E-state index contributed by atoms with van der Waals surface area (Å²) >= 11 is 9.17. The lowest BCUT2D eigenvalue weighted by atomic mass is 9.88. The van der Waals surface area contributed by atoms with Gasteiger partial charge >= 0.3 is 0 Å². The van der Waals surface area contributed by atoms with Gasteiger partial charge in [-0.2, -0.15) is 0 Å². The standard InChI is InChI=1S/C30H18Br2OS/c31-19-14-15-22(26(33)16-19)28-24(21-11-5-4-10-20(21)18-8-2-1-3-9-18)17-25(32)29-23-12-6-7-13-27(23)34-30(28)29/h1-17,33H. The number of phenolic OH excluding ortho intramolecular Hbond substituents is 1. The number of fused-ring (bicyclic) bond motifs is 3. The van der Waals surface area contributed by atoms with Crippen molar-refractivity contribution in [3.05, 3.63) is 112 Å². The third kappa shape index (κ3) is 3.58. The van der Waals surface area contributed by atoms with Gasteiger partial charge in [-0.3, -0.25) is 0 Å². The van der Waals surface area contributed by atoms with Crippen molar-refractivity contribution in [3.63, 3.8) is 0 Å². The van der Waals surface area contributed by atoms with Crippen LogP contribution in [0.4, 0.5) is 0 Å². The van der Waals surface area contributed by atoms with Crippen LogP contribution in [0.25, 0.3) is 53.6 Å². The Labute approximate surface area is 218 Å². The highest BCUT2D eigenvalue weighted by Crippen LogP contribution is 2.51. The Morgan fingerprint density at radius 3 is 2.12 bits per heavy atom. The van der Waals surface area contributed by atoms with Crippen LogP contribution >= 0.6 is 43.2 Å². The molecule has 0 fully saturated rings. The smallest absolute Gasteiger partial charge is 0.124 e. The van der Waals surface area contributed by atoms with Crippen molar-refractivity contribution in [1.29, 1.82) is 0 Å².